The summed E-state index contributed by atoms with van der Waals surface area (Å²) in [4.78, 5) is 22.5. The van der Waals surface area contributed by atoms with Crippen molar-refractivity contribution in [1.29, 1.82) is 0 Å². The average molecular weight is 322 g/mol. The molecule has 1 rings (SSSR count). The van der Waals surface area contributed by atoms with Crippen LogP contribution in [0.3, 0.4) is 0 Å². The molecule has 0 aromatic heterocycles. The van der Waals surface area contributed by atoms with E-state index in [0.717, 1.165) is 8.61 Å². The second-order valence-corrected chi connectivity index (χ2v) is 6.83. The third kappa shape index (κ3) is 4.65. The number of carbonyl (C=O) groups excluding carboxylic acids is 1. The largest absolute Gasteiger partial charge is 0.480 e. The summed E-state index contributed by atoms with van der Waals surface area (Å²) in [6, 6.07) is -1.03. The summed E-state index contributed by atoms with van der Waals surface area (Å²) in [5.74, 6) is -1.62. The van der Waals surface area contributed by atoms with E-state index in [2.05, 4.69) is 0 Å². The molecule has 0 aromatic carbocycles. The summed E-state index contributed by atoms with van der Waals surface area (Å²) in [6.45, 7) is 2.05. The van der Waals surface area contributed by atoms with Crippen LogP contribution in [0.15, 0.2) is 0 Å². The molecule has 21 heavy (non-hydrogen) atoms. The molecular formula is C12H22N2O6S. The maximum absolute atomic E-state index is 12.4. The van der Waals surface area contributed by atoms with Crippen molar-refractivity contribution < 1.29 is 27.9 Å². The molecule has 8 nitrogen and oxygen atoms in total. The highest BCUT2D eigenvalue weighted by molar-refractivity contribution is 7.86. The SMILES string of the molecule is CCOC(=O)CCN(C)S(=O)(=O)N1CCCCC1C(=O)O. The van der Waals surface area contributed by atoms with Crippen LogP contribution in [0.1, 0.15) is 32.6 Å². The van der Waals surface area contributed by atoms with Gasteiger partial charge in [-0.15, -0.1) is 0 Å². The normalized spacial score (nSPS) is 20.4. The number of ether oxygens (including phenoxy) is 1. The average Bonchev–Trinajstić information content (AvgIpc) is 2.44. The Morgan fingerprint density at radius 3 is 2.62 bits per heavy atom. The van der Waals surface area contributed by atoms with E-state index in [4.69, 9.17) is 9.84 Å². The molecule has 0 aliphatic carbocycles. The molecule has 1 atom stereocenters. The topological polar surface area (TPSA) is 104 Å². The van der Waals surface area contributed by atoms with Crippen molar-refractivity contribution in [3.05, 3.63) is 0 Å². The number of hydrogen-bond donors (Lipinski definition) is 1. The summed E-state index contributed by atoms with van der Waals surface area (Å²) in [5, 5.41) is 9.14. The second kappa shape index (κ2) is 7.71. The van der Waals surface area contributed by atoms with E-state index in [1.807, 2.05) is 0 Å². The van der Waals surface area contributed by atoms with Crippen LogP contribution in [0.4, 0.5) is 0 Å². The van der Waals surface area contributed by atoms with Crippen molar-refractivity contribution in [2.24, 2.45) is 0 Å². The van der Waals surface area contributed by atoms with Gasteiger partial charge >= 0.3 is 11.9 Å². The van der Waals surface area contributed by atoms with Crippen LogP contribution < -0.4 is 0 Å². The lowest BCUT2D eigenvalue weighted by Crippen LogP contribution is -2.52. The third-order valence-corrected chi connectivity index (χ3v) is 5.37. The molecule has 0 radical (unpaired) electrons. The zero-order valence-electron chi connectivity index (χ0n) is 12.3. The van der Waals surface area contributed by atoms with Gasteiger partial charge in [0.2, 0.25) is 0 Å². The molecule has 0 aromatic rings. The van der Waals surface area contributed by atoms with Gasteiger partial charge < -0.3 is 9.84 Å². The van der Waals surface area contributed by atoms with E-state index in [0.29, 0.717) is 19.3 Å². The Hall–Kier alpha value is -1.19. The quantitative estimate of drug-likeness (QED) is 0.664. The van der Waals surface area contributed by atoms with E-state index in [1.165, 1.54) is 7.05 Å². The minimum atomic E-state index is -3.89. The number of rotatable bonds is 7. The lowest BCUT2D eigenvalue weighted by atomic mass is 10.1. The summed E-state index contributed by atoms with van der Waals surface area (Å²) in [6.07, 6.45) is 1.57. The first-order valence-electron chi connectivity index (χ1n) is 6.92. The number of esters is 1. The monoisotopic (exact) mass is 322 g/mol. The molecule has 1 fully saturated rings. The molecule has 1 aliphatic heterocycles. The Balaban J connectivity index is 2.73. The van der Waals surface area contributed by atoms with Crippen LogP contribution >= 0.6 is 0 Å². The Kier molecular flexibility index (Phi) is 6.56. The lowest BCUT2D eigenvalue weighted by molar-refractivity contribution is -0.144. The first-order chi connectivity index (χ1) is 9.80. The van der Waals surface area contributed by atoms with Crippen molar-refractivity contribution >= 4 is 22.1 Å². The first kappa shape index (κ1) is 17.9. The number of carbonyl (C=O) groups is 2. The zero-order chi connectivity index (χ0) is 16.0. The molecule has 0 bridgehead atoms. The van der Waals surface area contributed by atoms with Gasteiger partial charge in [-0.05, 0) is 26.2 Å². The highest BCUT2D eigenvalue weighted by atomic mass is 32.2. The van der Waals surface area contributed by atoms with E-state index in [1.54, 1.807) is 6.92 Å². The number of aliphatic carboxylic acids is 1. The number of carboxylic acids is 1. The molecule has 1 N–H and O–H groups in total. The number of nitrogens with zero attached hydrogens (tertiary/aromatic N) is 2. The predicted molar refractivity (Wildman–Crippen MR) is 74.8 cm³/mol. The van der Waals surface area contributed by atoms with Crippen molar-refractivity contribution in [3.8, 4) is 0 Å². The smallest absolute Gasteiger partial charge is 0.322 e. The molecule has 1 heterocycles. The van der Waals surface area contributed by atoms with Crippen molar-refractivity contribution in [3.63, 3.8) is 0 Å². The fraction of sp³-hybridized carbons (Fsp3) is 0.833. The molecule has 1 unspecified atom stereocenters. The fourth-order valence-corrected chi connectivity index (χ4v) is 3.76. The van der Waals surface area contributed by atoms with Crippen LogP contribution in [0, 0.1) is 0 Å². The minimum absolute atomic E-state index is 0.0377. The van der Waals surface area contributed by atoms with Gasteiger partial charge in [0.25, 0.3) is 10.2 Å². The van der Waals surface area contributed by atoms with Gasteiger partial charge in [-0.1, -0.05) is 0 Å². The van der Waals surface area contributed by atoms with E-state index < -0.39 is 28.2 Å². The predicted octanol–water partition coefficient (Wildman–Crippen LogP) is 0.0553. The molecular weight excluding hydrogens is 300 g/mol. The van der Waals surface area contributed by atoms with Gasteiger partial charge in [-0.25, -0.2) is 0 Å². The van der Waals surface area contributed by atoms with Crippen LogP contribution in [0.2, 0.25) is 0 Å². The van der Waals surface area contributed by atoms with Crippen molar-refractivity contribution in [2.75, 3.05) is 26.7 Å². The summed E-state index contributed by atoms with van der Waals surface area (Å²) in [5.41, 5.74) is 0. The van der Waals surface area contributed by atoms with Crippen LogP contribution in [-0.2, 0) is 24.5 Å². The Labute approximate surface area is 124 Å². The molecule has 0 amide bonds. The van der Waals surface area contributed by atoms with Gasteiger partial charge in [-0.3, -0.25) is 9.59 Å². The van der Waals surface area contributed by atoms with Crippen molar-refractivity contribution in [2.45, 2.75) is 38.6 Å². The maximum atomic E-state index is 12.4. The standard InChI is InChI=1S/C12H22N2O6S/c1-3-20-11(15)7-9-13(2)21(18,19)14-8-5-4-6-10(14)12(16)17/h10H,3-9H2,1-2H3,(H,16,17). The molecule has 0 spiro atoms. The van der Waals surface area contributed by atoms with Crippen LogP contribution in [0.5, 0.6) is 0 Å². The van der Waals surface area contributed by atoms with Crippen LogP contribution in [-0.4, -0.2) is 66.9 Å². The fourth-order valence-electron chi connectivity index (χ4n) is 2.20. The molecule has 1 saturated heterocycles. The summed E-state index contributed by atoms with van der Waals surface area (Å²) < 4.78 is 31.6. The Morgan fingerprint density at radius 1 is 1.38 bits per heavy atom. The maximum Gasteiger partial charge on any atom is 0.322 e. The van der Waals surface area contributed by atoms with Gasteiger partial charge in [0.05, 0.1) is 13.0 Å². The van der Waals surface area contributed by atoms with E-state index >= 15 is 0 Å². The van der Waals surface area contributed by atoms with Gasteiger partial charge in [0.15, 0.2) is 0 Å². The Bertz CT molecular complexity index is 478. The Morgan fingerprint density at radius 2 is 2.05 bits per heavy atom. The van der Waals surface area contributed by atoms with Crippen molar-refractivity contribution in [1.82, 2.24) is 8.61 Å². The molecule has 9 heteroatoms. The minimum Gasteiger partial charge on any atom is -0.480 e. The third-order valence-electron chi connectivity index (χ3n) is 3.37. The number of piperidine rings is 1. The second-order valence-electron chi connectivity index (χ2n) is 4.84. The highest BCUT2D eigenvalue weighted by Gasteiger charge is 2.38. The zero-order valence-corrected chi connectivity index (χ0v) is 13.1. The number of hydrogen-bond acceptors (Lipinski definition) is 5. The molecule has 1 aliphatic rings. The van der Waals surface area contributed by atoms with Gasteiger partial charge in [0.1, 0.15) is 6.04 Å². The first-order valence-corrected chi connectivity index (χ1v) is 8.32. The van der Waals surface area contributed by atoms with Gasteiger partial charge in [-0.2, -0.15) is 17.0 Å². The highest BCUT2D eigenvalue weighted by Crippen LogP contribution is 2.22. The van der Waals surface area contributed by atoms with E-state index in [9.17, 15) is 18.0 Å². The molecule has 122 valence electrons. The summed E-state index contributed by atoms with van der Waals surface area (Å²) in [7, 11) is -2.55. The van der Waals surface area contributed by atoms with Crippen LogP contribution in [0.25, 0.3) is 0 Å². The lowest BCUT2D eigenvalue weighted by Gasteiger charge is -2.34. The number of carboxylic acid groups (broad SMARTS) is 1. The van der Waals surface area contributed by atoms with E-state index in [-0.39, 0.29) is 26.1 Å². The van der Waals surface area contributed by atoms with Gasteiger partial charge in [0, 0.05) is 20.1 Å². The molecule has 0 saturated carbocycles. The summed E-state index contributed by atoms with van der Waals surface area (Å²) >= 11 is 0.